The monoisotopic (exact) mass is 675 g/mol. The van der Waals surface area contributed by atoms with Crippen molar-refractivity contribution in [1.82, 2.24) is 19.5 Å². The van der Waals surface area contributed by atoms with Gasteiger partial charge in [-0.25, -0.2) is 14.4 Å². The van der Waals surface area contributed by atoms with Gasteiger partial charge < -0.3 is 19.6 Å². The van der Waals surface area contributed by atoms with E-state index in [0.717, 1.165) is 63.5 Å². The number of para-hydroxylation sites is 1. The lowest BCUT2D eigenvalue weighted by Crippen LogP contribution is -2.18. The molecule has 2 aromatic carbocycles. The Kier molecular flexibility index (Phi) is 17.8. The van der Waals surface area contributed by atoms with Crippen LogP contribution in [0.5, 0.6) is 0 Å². The Morgan fingerprint density at radius 3 is 2.06 bits per heavy atom. The molecule has 0 aliphatic heterocycles. The zero-order chi connectivity index (χ0) is 36.5. The van der Waals surface area contributed by atoms with Gasteiger partial charge in [0.05, 0.1) is 11.1 Å². The average molecular weight is 675 g/mol. The van der Waals surface area contributed by atoms with Gasteiger partial charge in [0, 0.05) is 24.3 Å². The van der Waals surface area contributed by atoms with Gasteiger partial charge in [-0.3, -0.25) is 0 Å². The Morgan fingerprint density at radius 2 is 1.51 bits per heavy atom. The van der Waals surface area contributed by atoms with Crippen LogP contribution in [0.3, 0.4) is 0 Å². The molecule has 3 aromatic heterocycles. The molecule has 49 heavy (non-hydrogen) atoms. The number of anilines is 3. The summed E-state index contributed by atoms with van der Waals surface area (Å²) in [6, 6.07) is 11.6. The van der Waals surface area contributed by atoms with Crippen LogP contribution in [0.25, 0.3) is 33.3 Å². The van der Waals surface area contributed by atoms with E-state index in [9.17, 15) is 0 Å². The third-order valence-electron chi connectivity index (χ3n) is 8.73. The number of benzene rings is 2. The highest BCUT2D eigenvalue weighted by Crippen LogP contribution is 2.43. The second kappa shape index (κ2) is 21.2. The van der Waals surface area contributed by atoms with Gasteiger partial charge >= 0.3 is 0 Å². The Labute approximate surface area is 295 Å². The number of hydrogen-bond acceptors (Lipinski definition) is 6. The molecule has 270 valence electrons. The third kappa shape index (κ3) is 10.3. The van der Waals surface area contributed by atoms with Crippen molar-refractivity contribution in [3.63, 3.8) is 0 Å². The second-order valence-corrected chi connectivity index (χ2v) is 12.2. The standard InChI is InChI=1S/C29H31FN6O.2C4H10.2C2H6/c1-16-8-11-20(12-9-16)36-18(3)24(25-27(31-4)32-15-33-28(25)36)19-10-13-22(21(30)14-19)34-29-35-23-7-5-6-17(2)26(23)37-29;2*1-3-4-2;2*1-2/h5-7,10,13-16,20H,8-9,11-12H2,1-4H3,(H,34,35)(H,31,32,33);2*3-4H2,1-2H3;2*1-2H3. The van der Waals surface area contributed by atoms with Crippen LogP contribution in [-0.4, -0.2) is 26.6 Å². The van der Waals surface area contributed by atoms with Crippen molar-refractivity contribution in [2.24, 2.45) is 5.92 Å². The quantitative estimate of drug-likeness (QED) is 0.179. The SMILES string of the molecule is CC.CC.CCCC.CCCC.CNc1ncnc2c1c(-c1ccc(Nc3nc4cccc(C)c4o3)c(F)c1)c(C)n2C1CCC(C)CC1. The number of oxazole rings is 1. The summed E-state index contributed by atoms with van der Waals surface area (Å²) in [6.45, 7) is 23.1. The zero-order valence-electron chi connectivity index (χ0n) is 32.4. The van der Waals surface area contributed by atoms with Crippen molar-refractivity contribution in [2.75, 3.05) is 17.7 Å². The molecule has 0 atom stereocenters. The van der Waals surface area contributed by atoms with Crippen LogP contribution in [0.4, 0.5) is 21.9 Å². The maximum absolute atomic E-state index is 15.5. The predicted molar refractivity (Wildman–Crippen MR) is 210 cm³/mol. The molecular weight excluding hydrogens is 611 g/mol. The molecule has 1 aliphatic rings. The first-order valence-corrected chi connectivity index (χ1v) is 18.7. The molecule has 0 saturated heterocycles. The summed E-state index contributed by atoms with van der Waals surface area (Å²) in [7, 11) is 1.86. The Balaban J connectivity index is 0.000000613. The van der Waals surface area contributed by atoms with Crippen LogP contribution in [0.15, 0.2) is 47.1 Å². The van der Waals surface area contributed by atoms with Crippen molar-refractivity contribution in [1.29, 1.82) is 0 Å². The fraction of sp³-hybridized carbons (Fsp3) is 0.537. The van der Waals surface area contributed by atoms with Crippen molar-refractivity contribution >= 4 is 39.7 Å². The molecule has 3 heterocycles. The molecule has 1 fully saturated rings. The summed E-state index contributed by atoms with van der Waals surface area (Å²) in [5.41, 5.74) is 6.45. The van der Waals surface area contributed by atoms with Crippen molar-refractivity contribution < 1.29 is 8.81 Å². The highest BCUT2D eigenvalue weighted by Gasteiger charge is 2.27. The van der Waals surface area contributed by atoms with Crippen LogP contribution in [-0.2, 0) is 0 Å². The number of nitrogens with zero attached hydrogens (tertiary/aromatic N) is 4. The van der Waals surface area contributed by atoms with E-state index in [2.05, 4.69) is 66.7 Å². The van der Waals surface area contributed by atoms with Crippen LogP contribution in [0.1, 0.15) is 131 Å². The van der Waals surface area contributed by atoms with Crippen LogP contribution in [0, 0.1) is 25.6 Å². The highest BCUT2D eigenvalue weighted by molar-refractivity contribution is 6.03. The molecule has 1 saturated carbocycles. The second-order valence-electron chi connectivity index (χ2n) is 12.2. The van der Waals surface area contributed by atoms with E-state index in [-0.39, 0.29) is 11.8 Å². The molecule has 0 unspecified atom stereocenters. The summed E-state index contributed by atoms with van der Waals surface area (Å²) >= 11 is 0. The first kappa shape index (κ1) is 41.2. The van der Waals surface area contributed by atoms with Crippen LogP contribution in [0.2, 0.25) is 0 Å². The minimum atomic E-state index is -0.383. The number of hydrogen-bond donors (Lipinski definition) is 2. The van der Waals surface area contributed by atoms with E-state index >= 15 is 4.39 Å². The number of aromatic nitrogens is 4. The van der Waals surface area contributed by atoms with Gasteiger partial charge in [-0.1, -0.05) is 106 Å². The van der Waals surface area contributed by atoms with Gasteiger partial charge in [-0.15, -0.1) is 0 Å². The van der Waals surface area contributed by atoms with Crippen molar-refractivity contribution in [2.45, 2.75) is 134 Å². The van der Waals surface area contributed by atoms with E-state index in [1.807, 2.05) is 65.9 Å². The van der Waals surface area contributed by atoms with Crippen LogP contribution >= 0.6 is 0 Å². The molecule has 0 bridgehead atoms. The van der Waals surface area contributed by atoms with E-state index in [0.29, 0.717) is 17.3 Å². The fourth-order valence-corrected chi connectivity index (χ4v) is 5.77. The lowest BCUT2D eigenvalue weighted by atomic mass is 9.87. The van der Waals surface area contributed by atoms with E-state index < -0.39 is 0 Å². The summed E-state index contributed by atoms with van der Waals surface area (Å²) < 4.78 is 23.7. The largest absolute Gasteiger partial charge is 0.423 e. The fourth-order valence-electron chi connectivity index (χ4n) is 5.77. The van der Waals surface area contributed by atoms with Gasteiger partial charge in [-0.05, 0) is 74.8 Å². The Bertz CT molecular complexity index is 1670. The third-order valence-corrected chi connectivity index (χ3v) is 8.73. The topological polar surface area (TPSA) is 80.8 Å². The van der Waals surface area contributed by atoms with Gasteiger partial charge in [0.1, 0.15) is 29.1 Å². The van der Waals surface area contributed by atoms with E-state index in [1.54, 1.807) is 18.5 Å². The lowest BCUT2D eigenvalue weighted by molar-refractivity contribution is 0.291. The number of fused-ring (bicyclic) bond motifs is 2. The number of unbranched alkanes of at least 4 members (excludes halogenated alkanes) is 2. The first-order valence-electron chi connectivity index (χ1n) is 18.7. The number of aryl methyl sites for hydroxylation is 1. The number of nitrogens with one attached hydrogen (secondary N) is 2. The molecule has 0 radical (unpaired) electrons. The van der Waals surface area contributed by atoms with Gasteiger partial charge in [0.2, 0.25) is 0 Å². The van der Waals surface area contributed by atoms with E-state index in [1.165, 1.54) is 38.5 Å². The molecule has 0 spiro atoms. The molecule has 2 N–H and O–H groups in total. The van der Waals surface area contributed by atoms with Crippen molar-refractivity contribution in [3.8, 4) is 11.1 Å². The van der Waals surface area contributed by atoms with Crippen molar-refractivity contribution in [3.05, 3.63) is 59.8 Å². The molecule has 0 amide bonds. The molecule has 6 rings (SSSR count). The molecule has 8 heteroatoms. The Morgan fingerprint density at radius 1 is 0.878 bits per heavy atom. The summed E-state index contributed by atoms with van der Waals surface area (Å²) in [6.07, 6.45) is 11.5. The Hall–Kier alpha value is -3.94. The maximum Gasteiger partial charge on any atom is 0.300 e. The minimum Gasteiger partial charge on any atom is -0.423 e. The van der Waals surface area contributed by atoms with Gasteiger partial charge in [-0.2, -0.15) is 4.98 Å². The summed E-state index contributed by atoms with van der Waals surface area (Å²) in [4.78, 5) is 13.6. The van der Waals surface area contributed by atoms with Crippen LogP contribution < -0.4 is 10.6 Å². The smallest absolute Gasteiger partial charge is 0.300 e. The summed E-state index contributed by atoms with van der Waals surface area (Å²) in [5.74, 6) is 1.11. The zero-order valence-corrected chi connectivity index (χ0v) is 32.4. The molecule has 7 nitrogen and oxygen atoms in total. The molecule has 1 aliphatic carbocycles. The van der Waals surface area contributed by atoms with Gasteiger partial charge in [0.25, 0.3) is 6.01 Å². The lowest BCUT2D eigenvalue weighted by Gasteiger charge is -2.29. The maximum atomic E-state index is 15.5. The molecule has 5 aromatic rings. The minimum absolute atomic E-state index is 0.265. The predicted octanol–water partition coefficient (Wildman–Crippen LogP) is 13.2. The first-order chi connectivity index (χ1) is 23.8. The van der Waals surface area contributed by atoms with E-state index in [4.69, 9.17) is 9.40 Å². The highest BCUT2D eigenvalue weighted by atomic mass is 19.1. The normalized spacial score (nSPS) is 15.0. The number of halogens is 1. The molecular formula is C41H63FN6O. The average Bonchev–Trinajstić information content (AvgIpc) is 3.70. The van der Waals surface area contributed by atoms with Gasteiger partial charge in [0.15, 0.2) is 5.58 Å². The summed E-state index contributed by atoms with van der Waals surface area (Å²) in [5, 5.41) is 7.15. The number of rotatable bonds is 7.